The number of carbonyl (C=O) groups is 2. The predicted molar refractivity (Wildman–Crippen MR) is 132 cm³/mol. The number of carbonyl (C=O) groups excluding carboxylic acids is 2. The molecule has 2 heterocycles. The first-order valence-electron chi connectivity index (χ1n) is 12.1. The van der Waals surface area contributed by atoms with Crippen LogP contribution < -0.4 is 4.74 Å². The molecule has 38 heavy (non-hydrogen) atoms. The Kier molecular flexibility index (Phi) is 6.00. The second-order valence-corrected chi connectivity index (χ2v) is 9.45. The number of hydrogen-bond donors (Lipinski definition) is 4. The molecular weight excluding hydrogens is 492 g/mol. The summed E-state index contributed by atoms with van der Waals surface area (Å²) in [5.41, 5.74) is 1.23. The highest BCUT2D eigenvalue weighted by Crippen LogP contribution is 2.46. The molecule has 3 aromatic rings. The lowest BCUT2D eigenvalue weighted by Crippen LogP contribution is -2.60. The number of fused-ring (bicyclic) bond motifs is 5. The third-order valence-electron chi connectivity index (χ3n) is 7.20. The molecule has 1 saturated heterocycles. The smallest absolute Gasteiger partial charge is 0.229 e. The van der Waals surface area contributed by atoms with E-state index in [4.69, 9.17) is 14.2 Å². The third kappa shape index (κ3) is 3.79. The summed E-state index contributed by atoms with van der Waals surface area (Å²) in [5.74, 6) is -2.39. The fourth-order valence-electron chi connectivity index (χ4n) is 5.20. The second kappa shape index (κ2) is 9.38. The molecule has 9 nitrogen and oxygen atoms in total. The molecule has 3 aliphatic rings. The molecule has 0 aromatic heterocycles. The zero-order chi connectivity index (χ0) is 26.6. The van der Waals surface area contributed by atoms with E-state index in [2.05, 4.69) is 0 Å². The Balaban J connectivity index is 1.59. The zero-order valence-corrected chi connectivity index (χ0v) is 19.9. The minimum Gasteiger partial charge on any atom is -0.504 e. The highest BCUT2D eigenvalue weighted by atomic mass is 16.7. The Morgan fingerprint density at radius 1 is 0.789 bits per heavy atom. The van der Waals surface area contributed by atoms with Crippen LogP contribution in [0.5, 0.6) is 11.5 Å². The Labute approximate surface area is 217 Å². The van der Waals surface area contributed by atoms with Crippen molar-refractivity contribution in [2.45, 2.75) is 36.6 Å². The van der Waals surface area contributed by atoms with E-state index in [0.717, 1.165) is 5.56 Å². The van der Waals surface area contributed by atoms with Crippen LogP contribution in [0.4, 0.5) is 0 Å². The van der Waals surface area contributed by atoms with Gasteiger partial charge in [0.25, 0.3) is 0 Å². The first-order valence-corrected chi connectivity index (χ1v) is 12.1. The molecule has 9 heteroatoms. The number of aromatic hydroxyl groups is 1. The highest BCUT2D eigenvalue weighted by Gasteiger charge is 2.46. The van der Waals surface area contributed by atoms with E-state index in [0.29, 0.717) is 5.56 Å². The SMILES string of the molecule is O=C1c2ccccc2C(=O)c2c1cc1c(c2O)O[C@H]2O[C@@H](CO/C=C/[C@@H]1c1ccccc1)[C@H](O)[C@@H](O)[C@@H]2O. The van der Waals surface area contributed by atoms with Crippen molar-refractivity contribution in [1.82, 2.24) is 0 Å². The monoisotopic (exact) mass is 516 g/mol. The van der Waals surface area contributed by atoms with Crippen molar-refractivity contribution < 1.29 is 44.2 Å². The number of ketones is 2. The van der Waals surface area contributed by atoms with Crippen LogP contribution in [0.15, 0.2) is 73.0 Å². The molecule has 1 aliphatic carbocycles. The van der Waals surface area contributed by atoms with Gasteiger partial charge in [-0.25, -0.2) is 0 Å². The number of rotatable bonds is 1. The normalized spacial score (nSPS) is 29.0. The summed E-state index contributed by atoms with van der Waals surface area (Å²) in [6, 6.07) is 17.0. The zero-order valence-electron chi connectivity index (χ0n) is 19.9. The largest absolute Gasteiger partial charge is 0.504 e. The molecule has 6 rings (SSSR count). The number of aliphatic hydroxyl groups excluding tert-OH is 3. The molecule has 0 amide bonds. The van der Waals surface area contributed by atoms with Gasteiger partial charge < -0.3 is 34.6 Å². The minimum absolute atomic E-state index is 0.0112. The van der Waals surface area contributed by atoms with E-state index in [1.54, 1.807) is 24.3 Å². The van der Waals surface area contributed by atoms with Crippen LogP contribution in [-0.4, -0.2) is 69.3 Å². The number of phenolic OH excluding ortho intramolecular Hbond substituents is 1. The quantitative estimate of drug-likeness (QED) is 0.299. The summed E-state index contributed by atoms with van der Waals surface area (Å²) < 4.78 is 17.3. The number of benzene rings is 3. The van der Waals surface area contributed by atoms with Crippen LogP contribution in [0, 0.1) is 0 Å². The van der Waals surface area contributed by atoms with E-state index < -0.39 is 53.9 Å². The average molecular weight is 517 g/mol. The number of phenols is 1. The van der Waals surface area contributed by atoms with Gasteiger partial charge in [-0.3, -0.25) is 9.59 Å². The molecule has 1 fully saturated rings. The maximum Gasteiger partial charge on any atom is 0.229 e. The van der Waals surface area contributed by atoms with Crippen molar-refractivity contribution in [1.29, 1.82) is 0 Å². The van der Waals surface area contributed by atoms with Crippen LogP contribution >= 0.6 is 0 Å². The van der Waals surface area contributed by atoms with Gasteiger partial charge in [-0.15, -0.1) is 0 Å². The maximum absolute atomic E-state index is 13.5. The Hall–Kier alpha value is -4.02. The van der Waals surface area contributed by atoms with Crippen LogP contribution in [0.3, 0.4) is 0 Å². The topological polar surface area (TPSA) is 143 Å². The molecule has 0 saturated carbocycles. The predicted octanol–water partition coefficient (Wildman–Crippen LogP) is 2.03. The van der Waals surface area contributed by atoms with Gasteiger partial charge in [-0.05, 0) is 17.7 Å². The van der Waals surface area contributed by atoms with Crippen molar-refractivity contribution in [2.24, 2.45) is 0 Å². The van der Waals surface area contributed by atoms with Gasteiger partial charge in [0.15, 0.2) is 23.1 Å². The average Bonchev–Trinajstić information content (AvgIpc) is 2.97. The van der Waals surface area contributed by atoms with Crippen molar-refractivity contribution in [2.75, 3.05) is 6.61 Å². The molecule has 4 N–H and O–H groups in total. The summed E-state index contributed by atoms with van der Waals surface area (Å²) in [6.07, 6.45) is -4.29. The Morgan fingerprint density at radius 3 is 2.21 bits per heavy atom. The van der Waals surface area contributed by atoms with E-state index >= 15 is 0 Å². The molecule has 2 aliphatic heterocycles. The molecule has 3 aromatic carbocycles. The van der Waals surface area contributed by atoms with Gasteiger partial charge in [-0.1, -0.05) is 54.6 Å². The lowest BCUT2D eigenvalue weighted by molar-refractivity contribution is -0.277. The van der Waals surface area contributed by atoms with E-state index in [-0.39, 0.29) is 34.6 Å². The number of ether oxygens (including phenoxy) is 3. The van der Waals surface area contributed by atoms with Crippen LogP contribution in [-0.2, 0) is 9.47 Å². The van der Waals surface area contributed by atoms with Gasteiger partial charge in [-0.2, -0.15) is 0 Å². The summed E-state index contributed by atoms with van der Waals surface area (Å²) in [6.45, 7) is -0.159. The van der Waals surface area contributed by atoms with Crippen molar-refractivity contribution in [3.8, 4) is 11.5 Å². The van der Waals surface area contributed by atoms with Crippen molar-refractivity contribution >= 4 is 11.6 Å². The van der Waals surface area contributed by atoms with E-state index in [1.807, 2.05) is 30.3 Å². The Morgan fingerprint density at radius 2 is 1.47 bits per heavy atom. The standard InChI is InChI=1S/C29H24O9/c30-22-16-8-4-5-9-17(16)23(31)21-19(22)12-18-15(14-6-2-1-3-7-14)10-11-36-13-20-24(32)26(34)27(35)29(37-20)38-28(18)25(21)33/h1-12,15,20,24,26-27,29,32-35H,13H2/b11-10+/t15-,20+,24+,26-,27+,29-/m1/s1. The maximum atomic E-state index is 13.5. The van der Waals surface area contributed by atoms with E-state index in [9.17, 15) is 30.0 Å². The van der Waals surface area contributed by atoms with Gasteiger partial charge >= 0.3 is 0 Å². The molecule has 6 atom stereocenters. The fraction of sp³-hybridized carbons (Fsp3) is 0.241. The third-order valence-corrected chi connectivity index (χ3v) is 7.20. The number of aliphatic hydroxyl groups is 3. The highest BCUT2D eigenvalue weighted by molar-refractivity contribution is 6.29. The van der Waals surface area contributed by atoms with Crippen molar-refractivity contribution in [3.63, 3.8) is 0 Å². The van der Waals surface area contributed by atoms with Crippen LogP contribution in [0.25, 0.3) is 0 Å². The molecule has 0 spiro atoms. The summed E-state index contributed by atoms with van der Waals surface area (Å²) in [5, 5.41) is 43.0. The van der Waals surface area contributed by atoms with Gasteiger partial charge in [0.1, 0.15) is 31.0 Å². The van der Waals surface area contributed by atoms with Crippen molar-refractivity contribution in [3.05, 3.63) is 106 Å². The lowest BCUT2D eigenvalue weighted by atomic mass is 9.80. The number of allylic oxidation sites excluding steroid dienone is 1. The van der Waals surface area contributed by atoms with E-state index in [1.165, 1.54) is 18.4 Å². The first kappa shape index (κ1) is 24.3. The minimum atomic E-state index is -1.69. The fourth-order valence-corrected chi connectivity index (χ4v) is 5.20. The summed E-state index contributed by atoms with van der Waals surface area (Å²) in [4.78, 5) is 27.0. The molecule has 2 bridgehead atoms. The Bertz CT molecular complexity index is 1450. The first-order chi connectivity index (χ1) is 18.4. The number of hydrogen-bond acceptors (Lipinski definition) is 9. The second-order valence-electron chi connectivity index (χ2n) is 9.45. The molecule has 0 unspecified atom stereocenters. The lowest BCUT2D eigenvalue weighted by Gasteiger charge is -2.40. The van der Waals surface area contributed by atoms with Gasteiger partial charge in [0.05, 0.1) is 11.8 Å². The summed E-state index contributed by atoms with van der Waals surface area (Å²) in [7, 11) is 0. The molecule has 0 radical (unpaired) electrons. The molecular formula is C29H24O9. The van der Waals surface area contributed by atoms with Crippen LogP contribution in [0.2, 0.25) is 0 Å². The molecule has 194 valence electrons. The van der Waals surface area contributed by atoms with Crippen LogP contribution in [0.1, 0.15) is 48.9 Å². The summed E-state index contributed by atoms with van der Waals surface area (Å²) >= 11 is 0. The van der Waals surface area contributed by atoms with Gasteiger partial charge in [0, 0.05) is 28.2 Å². The van der Waals surface area contributed by atoms with Gasteiger partial charge in [0.2, 0.25) is 6.29 Å².